The number of nitrogens with two attached hydrogens (primary N) is 1. The molecule has 0 radical (unpaired) electrons. The molecule has 0 amide bonds. The van der Waals surface area contributed by atoms with Crippen LogP contribution in [0.15, 0.2) is 42.7 Å². The van der Waals surface area contributed by atoms with Gasteiger partial charge < -0.3 is 20.7 Å². The van der Waals surface area contributed by atoms with Crippen molar-refractivity contribution in [3.63, 3.8) is 0 Å². The monoisotopic (exact) mass is 404 g/mol. The maximum absolute atomic E-state index is 6.19. The molecule has 0 spiro atoms. The number of hydrogen-bond acceptors (Lipinski definition) is 7. The van der Waals surface area contributed by atoms with Crippen molar-refractivity contribution in [1.82, 2.24) is 15.0 Å². The maximum Gasteiger partial charge on any atom is 0.155 e. The molecular formula is C23H28N6O. The summed E-state index contributed by atoms with van der Waals surface area (Å²) in [5.41, 5.74) is 11.0. The van der Waals surface area contributed by atoms with Gasteiger partial charge in [-0.25, -0.2) is 9.97 Å². The number of pyridine rings is 1. The SMILES string of the molecule is N[C@@H]1CCCC(Nc2nc(-c3ccc(N4CCOCC4)cc3)cc3nccnc23)C1. The second kappa shape index (κ2) is 8.53. The summed E-state index contributed by atoms with van der Waals surface area (Å²) in [5.74, 6) is 0.798. The van der Waals surface area contributed by atoms with Gasteiger partial charge in [-0.1, -0.05) is 12.1 Å². The van der Waals surface area contributed by atoms with E-state index in [1.165, 1.54) is 5.69 Å². The molecule has 156 valence electrons. The Labute approximate surface area is 176 Å². The summed E-state index contributed by atoms with van der Waals surface area (Å²) < 4.78 is 5.46. The van der Waals surface area contributed by atoms with Crippen LogP contribution in [0.1, 0.15) is 25.7 Å². The molecule has 2 atom stereocenters. The summed E-state index contributed by atoms with van der Waals surface area (Å²) in [6.45, 7) is 3.43. The molecule has 3 heterocycles. The lowest BCUT2D eigenvalue weighted by Crippen LogP contribution is -2.36. The zero-order chi connectivity index (χ0) is 20.3. The fourth-order valence-electron chi connectivity index (χ4n) is 4.44. The summed E-state index contributed by atoms with van der Waals surface area (Å²) in [5, 5.41) is 3.61. The van der Waals surface area contributed by atoms with E-state index in [2.05, 4.69) is 44.5 Å². The van der Waals surface area contributed by atoms with Gasteiger partial charge in [-0.05, 0) is 43.9 Å². The van der Waals surface area contributed by atoms with Crippen molar-refractivity contribution in [2.24, 2.45) is 5.73 Å². The van der Waals surface area contributed by atoms with Crippen LogP contribution in [0.2, 0.25) is 0 Å². The van der Waals surface area contributed by atoms with Gasteiger partial charge in [0.15, 0.2) is 5.82 Å². The van der Waals surface area contributed by atoms with Gasteiger partial charge in [0.1, 0.15) is 5.52 Å². The van der Waals surface area contributed by atoms with Gasteiger partial charge in [0.2, 0.25) is 0 Å². The molecule has 7 heteroatoms. The first-order valence-corrected chi connectivity index (χ1v) is 10.8. The van der Waals surface area contributed by atoms with Crippen LogP contribution in [0.3, 0.4) is 0 Å². The van der Waals surface area contributed by atoms with Crippen molar-refractivity contribution in [2.75, 3.05) is 36.5 Å². The van der Waals surface area contributed by atoms with Gasteiger partial charge in [-0.2, -0.15) is 0 Å². The standard InChI is InChI=1S/C23H28N6O/c24-17-2-1-3-18(14-17)27-23-22-21(25-8-9-26-22)15-20(28-23)16-4-6-19(7-5-16)29-10-12-30-13-11-29/h4-9,15,17-18H,1-3,10-14,24H2,(H,27,28)/t17-,18?/m1/s1. The van der Waals surface area contributed by atoms with E-state index in [1.807, 2.05) is 6.07 Å². The summed E-state index contributed by atoms with van der Waals surface area (Å²) in [6, 6.07) is 11.2. The van der Waals surface area contributed by atoms with Gasteiger partial charge in [-0.3, -0.25) is 4.98 Å². The molecule has 2 aliphatic rings. The molecule has 1 unspecified atom stereocenters. The normalized spacial score (nSPS) is 22.2. The lowest BCUT2D eigenvalue weighted by Gasteiger charge is -2.29. The minimum Gasteiger partial charge on any atom is -0.378 e. The van der Waals surface area contributed by atoms with Gasteiger partial charge in [0.05, 0.1) is 24.4 Å². The van der Waals surface area contributed by atoms with Crippen LogP contribution in [0.25, 0.3) is 22.3 Å². The Balaban J connectivity index is 1.45. The number of rotatable bonds is 4. The van der Waals surface area contributed by atoms with E-state index in [0.29, 0.717) is 6.04 Å². The van der Waals surface area contributed by atoms with Crippen LogP contribution in [0.5, 0.6) is 0 Å². The van der Waals surface area contributed by atoms with E-state index in [4.69, 9.17) is 15.5 Å². The van der Waals surface area contributed by atoms with Crippen LogP contribution in [-0.2, 0) is 4.74 Å². The van der Waals surface area contributed by atoms with Gasteiger partial charge >= 0.3 is 0 Å². The highest BCUT2D eigenvalue weighted by Gasteiger charge is 2.21. The number of nitrogens with one attached hydrogen (secondary N) is 1. The lowest BCUT2D eigenvalue weighted by atomic mass is 9.91. The zero-order valence-electron chi connectivity index (χ0n) is 17.1. The molecule has 30 heavy (non-hydrogen) atoms. The Morgan fingerprint density at radius 2 is 1.83 bits per heavy atom. The third-order valence-electron chi connectivity index (χ3n) is 6.05. The number of benzene rings is 1. The molecule has 0 bridgehead atoms. The molecule has 1 aromatic carbocycles. The van der Waals surface area contributed by atoms with Crippen LogP contribution in [0.4, 0.5) is 11.5 Å². The summed E-state index contributed by atoms with van der Waals surface area (Å²) >= 11 is 0. The summed E-state index contributed by atoms with van der Waals surface area (Å²) in [7, 11) is 0. The average molecular weight is 405 g/mol. The Morgan fingerprint density at radius 1 is 1.03 bits per heavy atom. The Morgan fingerprint density at radius 3 is 2.63 bits per heavy atom. The highest BCUT2D eigenvalue weighted by Crippen LogP contribution is 2.29. The molecule has 7 nitrogen and oxygen atoms in total. The van der Waals surface area contributed by atoms with Crippen LogP contribution in [-0.4, -0.2) is 53.3 Å². The lowest BCUT2D eigenvalue weighted by molar-refractivity contribution is 0.122. The topological polar surface area (TPSA) is 89.2 Å². The number of ether oxygens (including phenoxy) is 1. The molecule has 1 aliphatic heterocycles. The first-order chi connectivity index (χ1) is 14.8. The predicted octanol–water partition coefficient (Wildman–Crippen LogP) is 3.21. The van der Waals surface area contributed by atoms with Crippen molar-refractivity contribution in [3.8, 4) is 11.3 Å². The van der Waals surface area contributed by atoms with Crippen molar-refractivity contribution in [1.29, 1.82) is 0 Å². The van der Waals surface area contributed by atoms with Crippen LogP contribution >= 0.6 is 0 Å². The third kappa shape index (κ3) is 4.08. The van der Waals surface area contributed by atoms with Gasteiger partial charge in [-0.15, -0.1) is 0 Å². The highest BCUT2D eigenvalue weighted by molar-refractivity contribution is 5.88. The minimum atomic E-state index is 0.254. The number of morpholine rings is 1. The van der Waals surface area contributed by atoms with Gasteiger partial charge in [0.25, 0.3) is 0 Å². The molecule has 1 aliphatic carbocycles. The predicted molar refractivity (Wildman–Crippen MR) is 120 cm³/mol. The fraction of sp³-hybridized carbons (Fsp3) is 0.435. The van der Waals surface area contributed by atoms with Crippen molar-refractivity contribution >= 4 is 22.5 Å². The first kappa shape index (κ1) is 19.2. The number of nitrogens with zero attached hydrogens (tertiary/aromatic N) is 4. The molecule has 5 rings (SSSR count). The molecule has 1 saturated carbocycles. The molecular weight excluding hydrogens is 376 g/mol. The summed E-state index contributed by atoms with van der Waals surface area (Å²) in [4.78, 5) is 16.4. The smallest absolute Gasteiger partial charge is 0.155 e. The number of hydrogen-bond donors (Lipinski definition) is 2. The first-order valence-electron chi connectivity index (χ1n) is 10.8. The zero-order valence-corrected chi connectivity index (χ0v) is 17.1. The minimum absolute atomic E-state index is 0.254. The largest absolute Gasteiger partial charge is 0.378 e. The second-order valence-corrected chi connectivity index (χ2v) is 8.19. The summed E-state index contributed by atoms with van der Waals surface area (Å²) in [6.07, 6.45) is 7.76. The molecule has 2 aromatic heterocycles. The quantitative estimate of drug-likeness (QED) is 0.690. The Kier molecular flexibility index (Phi) is 5.46. The highest BCUT2D eigenvalue weighted by atomic mass is 16.5. The van der Waals surface area contributed by atoms with E-state index < -0.39 is 0 Å². The fourth-order valence-corrected chi connectivity index (χ4v) is 4.44. The van der Waals surface area contributed by atoms with Crippen LogP contribution in [0, 0.1) is 0 Å². The van der Waals surface area contributed by atoms with E-state index in [9.17, 15) is 0 Å². The number of anilines is 2. The Bertz CT molecular complexity index is 1000. The van der Waals surface area contributed by atoms with Crippen LogP contribution < -0.4 is 16.0 Å². The van der Waals surface area contributed by atoms with Crippen molar-refractivity contribution in [2.45, 2.75) is 37.8 Å². The van der Waals surface area contributed by atoms with E-state index in [-0.39, 0.29) is 6.04 Å². The molecule has 2 fully saturated rings. The maximum atomic E-state index is 6.19. The van der Waals surface area contributed by atoms with E-state index in [0.717, 1.165) is 80.1 Å². The van der Waals surface area contributed by atoms with Crippen molar-refractivity contribution in [3.05, 3.63) is 42.7 Å². The average Bonchev–Trinajstić information content (AvgIpc) is 2.80. The van der Waals surface area contributed by atoms with E-state index >= 15 is 0 Å². The van der Waals surface area contributed by atoms with E-state index in [1.54, 1.807) is 12.4 Å². The molecule has 3 N–H and O–H groups in total. The van der Waals surface area contributed by atoms with Gasteiger partial charge in [0, 0.05) is 48.8 Å². The van der Waals surface area contributed by atoms with Crippen molar-refractivity contribution < 1.29 is 4.74 Å². The number of aromatic nitrogens is 3. The third-order valence-corrected chi connectivity index (χ3v) is 6.05. The Hall–Kier alpha value is -2.77. The second-order valence-electron chi connectivity index (χ2n) is 8.19. The molecule has 1 saturated heterocycles. The molecule has 3 aromatic rings. The number of fused-ring (bicyclic) bond motifs is 1.